The van der Waals surface area contributed by atoms with Crippen LogP contribution >= 0.6 is 0 Å². The fourth-order valence-corrected chi connectivity index (χ4v) is 7.17. The number of aryl methyl sites for hydroxylation is 2. The number of carbonyl (C=O) groups excluding carboxylic acids is 1. The van der Waals surface area contributed by atoms with Gasteiger partial charge in [0.05, 0.1) is 11.7 Å². The molecule has 0 unspecified atom stereocenters. The lowest BCUT2D eigenvalue weighted by Crippen LogP contribution is -2.48. The van der Waals surface area contributed by atoms with E-state index >= 15 is 0 Å². The molecule has 1 aliphatic carbocycles. The molecular formula is C27H38O6. The van der Waals surface area contributed by atoms with Crippen LogP contribution < -0.4 is 4.74 Å². The van der Waals surface area contributed by atoms with Crippen molar-refractivity contribution in [2.45, 2.75) is 116 Å². The van der Waals surface area contributed by atoms with Crippen LogP contribution in [-0.2, 0) is 20.7 Å². The Morgan fingerprint density at radius 3 is 2.52 bits per heavy atom. The summed E-state index contributed by atoms with van der Waals surface area (Å²) in [7, 11) is 0. The maximum Gasteiger partial charge on any atom is 0.178 e. The molecule has 3 fully saturated rings. The number of rotatable bonds is 3. The van der Waals surface area contributed by atoms with Gasteiger partial charge in [-0.1, -0.05) is 20.3 Å². The van der Waals surface area contributed by atoms with E-state index in [1.165, 1.54) is 0 Å². The summed E-state index contributed by atoms with van der Waals surface area (Å²) in [4.78, 5) is 13.9. The summed E-state index contributed by atoms with van der Waals surface area (Å²) in [5.41, 5.74) is -0.176. The van der Waals surface area contributed by atoms with E-state index in [1.54, 1.807) is 12.1 Å². The number of hydrogen-bond acceptors (Lipinski definition) is 6. The normalized spacial score (nSPS) is 43.4. The quantitative estimate of drug-likeness (QED) is 0.689. The van der Waals surface area contributed by atoms with E-state index in [4.69, 9.17) is 14.2 Å². The maximum absolute atomic E-state index is 13.9. The Hall–Kier alpha value is -1.63. The third-order valence-corrected chi connectivity index (χ3v) is 9.50. The van der Waals surface area contributed by atoms with Crippen LogP contribution in [0.1, 0.15) is 84.3 Å². The molecule has 33 heavy (non-hydrogen) atoms. The van der Waals surface area contributed by atoms with Crippen LogP contribution in [0, 0.1) is 17.8 Å². The molecule has 6 atom stereocenters. The van der Waals surface area contributed by atoms with Gasteiger partial charge >= 0.3 is 0 Å². The van der Waals surface area contributed by atoms with Crippen molar-refractivity contribution in [1.29, 1.82) is 0 Å². The van der Waals surface area contributed by atoms with Crippen molar-refractivity contribution in [2.75, 3.05) is 0 Å². The van der Waals surface area contributed by atoms with Crippen molar-refractivity contribution in [2.24, 2.45) is 10.8 Å². The van der Waals surface area contributed by atoms with Crippen LogP contribution in [0.25, 0.3) is 0 Å². The third kappa shape index (κ3) is 3.13. The molecule has 1 aromatic carbocycles. The Morgan fingerprint density at radius 1 is 1.12 bits per heavy atom. The van der Waals surface area contributed by atoms with Gasteiger partial charge in [0.15, 0.2) is 11.6 Å². The van der Waals surface area contributed by atoms with Gasteiger partial charge in [-0.3, -0.25) is 4.79 Å². The Balaban J connectivity index is 1.42. The van der Waals surface area contributed by atoms with Crippen LogP contribution in [0.5, 0.6) is 11.5 Å². The number of benzene rings is 1. The van der Waals surface area contributed by atoms with E-state index in [1.807, 2.05) is 27.7 Å². The van der Waals surface area contributed by atoms with E-state index in [0.29, 0.717) is 12.8 Å². The molecule has 2 saturated heterocycles. The van der Waals surface area contributed by atoms with E-state index in [-0.39, 0.29) is 28.8 Å². The smallest absolute Gasteiger partial charge is 0.178 e. The zero-order valence-electron chi connectivity index (χ0n) is 20.8. The van der Waals surface area contributed by atoms with Crippen molar-refractivity contribution >= 4 is 5.78 Å². The van der Waals surface area contributed by atoms with Gasteiger partial charge in [0.2, 0.25) is 0 Å². The number of aliphatic hydroxyl groups excluding tert-OH is 1. The third-order valence-electron chi connectivity index (χ3n) is 9.50. The molecule has 1 spiro atoms. The number of hydrogen-bond donors (Lipinski definition) is 2. The highest BCUT2D eigenvalue weighted by molar-refractivity contribution is 5.86. The zero-order chi connectivity index (χ0) is 24.0. The molecule has 0 radical (unpaired) electrons. The van der Waals surface area contributed by atoms with Gasteiger partial charge < -0.3 is 24.4 Å². The highest BCUT2D eigenvalue weighted by Crippen LogP contribution is 2.70. The topological polar surface area (TPSA) is 85.2 Å². The number of carbonyl (C=O) groups is 1. The summed E-state index contributed by atoms with van der Waals surface area (Å²) in [6.45, 7) is 12.1. The lowest BCUT2D eigenvalue weighted by atomic mass is 9.61. The van der Waals surface area contributed by atoms with Gasteiger partial charge in [-0.05, 0) is 76.6 Å². The summed E-state index contributed by atoms with van der Waals surface area (Å²) in [5.74, 6) is 0.123. The molecule has 0 amide bonds. The number of phenolic OH excluding ortho intramolecular Hbond substituents is 1. The predicted molar refractivity (Wildman–Crippen MR) is 123 cm³/mol. The molecule has 3 heterocycles. The van der Waals surface area contributed by atoms with Crippen molar-refractivity contribution in [3.05, 3.63) is 23.3 Å². The largest absolute Gasteiger partial charge is 0.508 e. The number of aliphatic hydroxyl groups is 1. The van der Waals surface area contributed by atoms with Crippen LogP contribution in [0.2, 0.25) is 0 Å². The van der Waals surface area contributed by atoms with Crippen LogP contribution in [-0.4, -0.2) is 45.2 Å². The van der Waals surface area contributed by atoms with E-state index in [0.717, 1.165) is 42.6 Å². The minimum atomic E-state index is -0.948. The number of ether oxygens (including phenoxy) is 3. The van der Waals surface area contributed by atoms with Gasteiger partial charge in [0.25, 0.3) is 0 Å². The predicted octanol–water partition coefficient (Wildman–Crippen LogP) is 4.59. The molecule has 6 heteroatoms. The average molecular weight is 459 g/mol. The van der Waals surface area contributed by atoms with Crippen LogP contribution in [0.15, 0.2) is 12.1 Å². The second-order valence-corrected chi connectivity index (χ2v) is 12.2. The Kier molecular flexibility index (Phi) is 4.87. The first-order chi connectivity index (χ1) is 15.2. The van der Waals surface area contributed by atoms with Crippen molar-refractivity contribution < 1.29 is 29.2 Å². The van der Waals surface area contributed by atoms with Gasteiger partial charge in [-0.2, -0.15) is 0 Å². The lowest BCUT2D eigenvalue weighted by Gasteiger charge is -2.43. The minimum absolute atomic E-state index is 0.0488. The molecular weight excluding hydrogens is 420 g/mol. The monoisotopic (exact) mass is 458 g/mol. The van der Waals surface area contributed by atoms with Crippen molar-refractivity contribution in [3.63, 3.8) is 0 Å². The molecule has 0 aromatic heterocycles. The second-order valence-electron chi connectivity index (χ2n) is 12.2. The van der Waals surface area contributed by atoms with Gasteiger partial charge in [0.1, 0.15) is 23.2 Å². The number of Topliss-reactive ketones (excluding diaryl/α,β-unsaturated/α-hetero) is 1. The number of aromatic hydroxyl groups is 1. The van der Waals surface area contributed by atoms with Crippen molar-refractivity contribution in [1.82, 2.24) is 0 Å². The SMILES string of the molecule is Cc1cc(O)cc2c1O[C@](C)(CC(=O)[C@@H]1O[C@@]3(C[C@H](O)C(C)(C)O3)[C@]3(C)CCC[C@]13C)CC2. The average Bonchev–Trinajstić information content (AvgIpc) is 3.20. The molecule has 0 bridgehead atoms. The van der Waals surface area contributed by atoms with E-state index in [9.17, 15) is 15.0 Å². The number of fused-ring (bicyclic) bond motifs is 3. The van der Waals surface area contributed by atoms with E-state index in [2.05, 4.69) is 13.8 Å². The standard InChI is InChI=1S/C27H38O6/c1-16-12-18(28)13-17-8-11-24(4,31-21(16)17)14-19(29)22-25(5)9-7-10-26(25,6)27(32-22)15-20(30)23(2,3)33-27/h12-13,20,22,28,30H,7-11,14-15H2,1-6H3/t20-,22-,24-,25+,26+,27+/m0/s1. The molecule has 1 aromatic rings. The second kappa shape index (κ2) is 6.96. The molecule has 5 rings (SSSR count). The molecule has 6 nitrogen and oxygen atoms in total. The summed E-state index contributed by atoms with van der Waals surface area (Å²) >= 11 is 0. The highest BCUT2D eigenvalue weighted by atomic mass is 16.7. The number of phenols is 1. The first-order valence-corrected chi connectivity index (χ1v) is 12.3. The Bertz CT molecular complexity index is 1000. The number of ketones is 1. The first kappa shape index (κ1) is 23.1. The Labute approximate surface area is 196 Å². The molecule has 1 saturated carbocycles. The van der Waals surface area contributed by atoms with E-state index < -0.39 is 29.2 Å². The van der Waals surface area contributed by atoms with Gasteiger partial charge in [-0.25, -0.2) is 0 Å². The fraction of sp³-hybridized carbons (Fsp3) is 0.741. The van der Waals surface area contributed by atoms with Gasteiger partial charge in [-0.15, -0.1) is 0 Å². The molecule has 2 N–H and O–H groups in total. The zero-order valence-corrected chi connectivity index (χ0v) is 20.8. The molecule has 4 aliphatic rings. The first-order valence-electron chi connectivity index (χ1n) is 12.3. The minimum Gasteiger partial charge on any atom is -0.508 e. The van der Waals surface area contributed by atoms with Crippen molar-refractivity contribution in [3.8, 4) is 11.5 Å². The molecule has 182 valence electrons. The van der Waals surface area contributed by atoms with Gasteiger partial charge in [0, 0.05) is 23.7 Å². The van der Waals surface area contributed by atoms with Crippen LogP contribution in [0.4, 0.5) is 0 Å². The molecule has 3 aliphatic heterocycles. The maximum atomic E-state index is 13.9. The summed E-state index contributed by atoms with van der Waals surface area (Å²) in [5, 5.41) is 20.7. The fourth-order valence-electron chi connectivity index (χ4n) is 7.17. The van der Waals surface area contributed by atoms with Crippen LogP contribution in [0.3, 0.4) is 0 Å². The summed E-state index contributed by atoms with van der Waals surface area (Å²) in [6.07, 6.45) is 3.71. The Morgan fingerprint density at radius 2 is 1.85 bits per heavy atom. The lowest BCUT2D eigenvalue weighted by molar-refractivity contribution is -0.273. The summed E-state index contributed by atoms with van der Waals surface area (Å²) in [6, 6.07) is 3.45. The summed E-state index contributed by atoms with van der Waals surface area (Å²) < 4.78 is 19.5. The highest BCUT2D eigenvalue weighted by Gasteiger charge is 2.76.